The van der Waals surface area contributed by atoms with Gasteiger partial charge in [0.25, 0.3) is 5.91 Å². The van der Waals surface area contributed by atoms with E-state index in [1.807, 2.05) is 170 Å². The first kappa shape index (κ1) is 71.7. The Morgan fingerprint density at radius 1 is 0.548 bits per heavy atom. The van der Waals surface area contributed by atoms with E-state index < -0.39 is 11.9 Å². The Kier molecular flexibility index (Phi) is 28.6. The Labute approximate surface area is 556 Å². The molecule has 3 heterocycles. The molecule has 0 aliphatic carbocycles. The molecule has 0 spiro atoms. The van der Waals surface area contributed by atoms with Gasteiger partial charge in [0.1, 0.15) is 5.78 Å². The van der Waals surface area contributed by atoms with Gasteiger partial charge in [-0.2, -0.15) is 0 Å². The van der Waals surface area contributed by atoms with Crippen LogP contribution in [-0.2, 0) is 57.6 Å². The van der Waals surface area contributed by atoms with Crippen LogP contribution in [0.15, 0.2) is 243 Å². The average Bonchev–Trinajstić information content (AvgIpc) is 1.83. The molecule has 0 fully saturated rings. The van der Waals surface area contributed by atoms with E-state index in [4.69, 9.17) is 16.7 Å². The molecule has 18 heteroatoms. The number of esters is 1. The van der Waals surface area contributed by atoms with Crippen LogP contribution in [0.25, 0.3) is 12.2 Å². The first-order valence-electron chi connectivity index (χ1n) is 29.1. The van der Waals surface area contributed by atoms with Crippen molar-refractivity contribution >= 4 is 113 Å². The third-order valence-corrected chi connectivity index (χ3v) is 14.6. The van der Waals surface area contributed by atoms with Crippen LogP contribution in [-0.4, -0.2) is 102 Å². The lowest BCUT2D eigenvalue weighted by Gasteiger charge is -2.10. The van der Waals surface area contributed by atoms with Gasteiger partial charge >= 0.3 is 5.97 Å². The number of nitrogens with zero attached hydrogens (tertiary/aromatic N) is 3. The molecule has 0 unspecified atom stereocenters. The number of hydrogen-bond donors (Lipinski definition) is 4. The number of hydrogen-bond acceptors (Lipinski definition) is 15. The van der Waals surface area contributed by atoms with Gasteiger partial charge < -0.3 is 16.2 Å². The maximum atomic E-state index is 12.1. The fraction of sp³-hybridized carbons (Fsp3) is 0.133. The topological polar surface area (TPSA) is 267 Å². The van der Waals surface area contributed by atoms with Crippen LogP contribution in [0.3, 0.4) is 0 Å². The highest BCUT2D eigenvalue weighted by Crippen LogP contribution is 2.26. The van der Waals surface area contributed by atoms with Crippen molar-refractivity contribution in [2.75, 3.05) is 39.0 Å². The molecule has 8 aromatic carbocycles. The van der Waals surface area contributed by atoms with Gasteiger partial charge in [0.15, 0.2) is 28.9 Å². The number of aliphatic imine (C=N–C) groups is 3. The largest absolute Gasteiger partial charge is 0.466 e. The molecule has 0 bridgehead atoms. The number of hydroxylamine groups is 1. The van der Waals surface area contributed by atoms with Crippen LogP contribution in [0.4, 0.5) is 5.69 Å². The lowest BCUT2D eigenvalue weighted by Crippen LogP contribution is -2.14. The van der Waals surface area contributed by atoms with Crippen molar-refractivity contribution in [3.05, 3.63) is 300 Å². The molecule has 16 nitrogen and oxygen atoms in total. The van der Waals surface area contributed by atoms with Crippen LogP contribution >= 0.6 is 31.9 Å². The molecule has 3 aliphatic rings. The van der Waals surface area contributed by atoms with Crippen LogP contribution in [0.5, 0.6) is 0 Å². The molecule has 1 amide bonds. The predicted octanol–water partition coefficient (Wildman–Crippen LogP) is 12.0. The first-order valence-corrected chi connectivity index (χ1v) is 30.6. The van der Waals surface area contributed by atoms with Gasteiger partial charge in [-0.1, -0.05) is 208 Å². The summed E-state index contributed by atoms with van der Waals surface area (Å²) >= 11 is 6.80. The second-order valence-corrected chi connectivity index (χ2v) is 22.5. The molecule has 0 atom stereocenters. The highest BCUT2D eigenvalue weighted by molar-refractivity contribution is 9.10. The zero-order valence-electron chi connectivity index (χ0n) is 51.4. The highest BCUT2D eigenvalue weighted by Gasteiger charge is 2.22. The van der Waals surface area contributed by atoms with Gasteiger partial charge in [-0.15, -0.1) is 0 Å². The maximum absolute atomic E-state index is 12.1. The Morgan fingerprint density at radius 3 is 1.35 bits per heavy atom. The standard InChI is InChI=1S/C20H17NO2.C19H16N2O3.C16H12BrNO.C13H10BrNO.C4H6O2.C3H7NO/c1-14(22)7-8-15-9-10-19-17(11-15)12-18(23)13-21-20(19)16-5-3-2-4-6-16;22-16-11-15-10-13(7-9-18(23)21-24)6-8-17(15)19(20-12-16)14-4-2-1-3-5-14;17-13-7-6-12-8-14(19)10-18-16(15(12)9-13)11-4-2-1-3-5-11;14-10-6-7-11(12(15)8-10)13(16)9-4-2-1-3-5-9;1-3-4(5)6-2;1-3(5)2-4/h2-11H,12-13H2,1H3;1-10,24H,11-12H2,(H,21,23);1-7,9H,8,10H2;1-8H,15H2;3H,1H2,2H3;2,4H2,1H3/b8-7+;9-7+;;;;. The average molecular weight is 1370 g/mol. The number of carbonyl (C=O) groups is 8. The molecule has 8 aromatic rings. The fourth-order valence-corrected chi connectivity index (χ4v) is 9.93. The molecule has 0 saturated heterocycles. The molecular weight excluding hydrogens is 1300 g/mol. The van der Waals surface area contributed by atoms with Crippen LogP contribution < -0.4 is 16.9 Å². The van der Waals surface area contributed by atoms with Gasteiger partial charge in [-0.05, 0) is 84.1 Å². The van der Waals surface area contributed by atoms with E-state index in [1.165, 1.54) is 33.1 Å². The number of carbonyl (C=O) groups excluding carboxylic acids is 8. The summed E-state index contributed by atoms with van der Waals surface area (Å²) in [6.45, 7) is 6.93. The number of amides is 1. The minimum atomic E-state index is -0.604. The third kappa shape index (κ3) is 22.8. The van der Waals surface area contributed by atoms with Crippen LogP contribution in [0.2, 0.25) is 0 Å². The number of allylic oxidation sites excluding steroid dienone is 1. The number of anilines is 1. The minimum Gasteiger partial charge on any atom is -0.466 e. The number of nitrogen functional groups attached to an aromatic ring is 1. The van der Waals surface area contributed by atoms with Gasteiger partial charge in [-0.25, -0.2) is 10.3 Å². The number of nitrogens with two attached hydrogens (primary N) is 2. The molecule has 11 rings (SSSR count). The second-order valence-electron chi connectivity index (χ2n) is 20.7. The third-order valence-electron chi connectivity index (χ3n) is 13.6. The molecule has 472 valence electrons. The number of Topliss-reactive ketones (excluding diaryl/α,β-unsaturated/α-hetero) is 4. The van der Waals surface area contributed by atoms with Crippen molar-refractivity contribution in [3.8, 4) is 0 Å². The SMILES string of the molecule is C=CC(=O)OC.CC(=O)/C=C/c1ccc2c(c1)CC(=O)CN=C2c1ccccc1.CC(=O)CN.Nc1cc(Br)ccc1C(=O)c1ccccc1.O=C1CN=C(c2ccccc2)c2cc(Br)ccc2C1.O=C1CN=C(c2ccccc2)c2ccc(/C=C/C(=O)NO)cc2C1. The van der Waals surface area contributed by atoms with E-state index >= 15 is 0 Å². The number of methoxy groups -OCH3 is 1. The summed E-state index contributed by atoms with van der Waals surface area (Å²) in [5.74, 6) is -0.698. The minimum absolute atomic E-state index is 0.00237. The summed E-state index contributed by atoms with van der Waals surface area (Å²) in [7, 11) is 1.31. The molecule has 0 aromatic heterocycles. The fourth-order valence-electron chi connectivity index (χ4n) is 9.19. The van der Waals surface area contributed by atoms with Crippen molar-refractivity contribution in [1.29, 1.82) is 0 Å². The van der Waals surface area contributed by atoms with E-state index in [9.17, 15) is 38.4 Å². The molecule has 0 saturated carbocycles. The Balaban J connectivity index is 0.000000188. The molecule has 6 N–H and O–H groups in total. The number of ether oxygens (including phenoxy) is 1. The maximum Gasteiger partial charge on any atom is 0.329 e. The quantitative estimate of drug-likeness (QED) is 0.0235. The Hall–Kier alpha value is -10.4. The van der Waals surface area contributed by atoms with Crippen molar-refractivity contribution in [3.63, 3.8) is 0 Å². The van der Waals surface area contributed by atoms with E-state index in [-0.39, 0.29) is 60.9 Å². The lowest BCUT2D eigenvalue weighted by molar-refractivity contribution is -0.135. The summed E-state index contributed by atoms with van der Waals surface area (Å²) < 4.78 is 6.02. The number of ketones is 6. The highest BCUT2D eigenvalue weighted by atomic mass is 79.9. The van der Waals surface area contributed by atoms with Crippen LogP contribution in [0.1, 0.15) is 91.0 Å². The predicted molar refractivity (Wildman–Crippen MR) is 373 cm³/mol. The van der Waals surface area contributed by atoms with E-state index in [0.717, 1.165) is 93.4 Å². The Bertz CT molecular complexity index is 4170. The number of halogens is 2. The number of rotatable bonds is 11. The number of nitrogens with one attached hydrogen (secondary N) is 1. The van der Waals surface area contributed by atoms with Gasteiger partial charge in [0.2, 0.25) is 0 Å². The first-order chi connectivity index (χ1) is 44.8. The monoisotopic (exact) mass is 1370 g/mol. The van der Waals surface area contributed by atoms with Gasteiger partial charge in [-0.3, -0.25) is 53.7 Å². The summed E-state index contributed by atoms with van der Waals surface area (Å²) in [5, 5.41) is 8.53. The Morgan fingerprint density at radius 2 is 0.957 bits per heavy atom. The lowest BCUT2D eigenvalue weighted by atomic mass is 9.94. The number of benzene rings is 8. The van der Waals surface area contributed by atoms with Crippen molar-refractivity contribution < 1.29 is 48.3 Å². The van der Waals surface area contributed by atoms with Gasteiger partial charge in [0.05, 0.1) is 50.4 Å². The smallest absolute Gasteiger partial charge is 0.329 e. The summed E-state index contributed by atoms with van der Waals surface area (Å²) in [6.07, 6.45) is 8.37. The van der Waals surface area contributed by atoms with Gasteiger partial charge in [0, 0.05) is 90.6 Å². The van der Waals surface area contributed by atoms with Crippen molar-refractivity contribution in [1.82, 2.24) is 5.48 Å². The van der Waals surface area contributed by atoms with E-state index in [0.29, 0.717) is 36.1 Å². The normalized spacial score (nSPS) is 12.7. The zero-order valence-corrected chi connectivity index (χ0v) is 54.6. The van der Waals surface area contributed by atoms with Crippen LogP contribution in [0, 0.1) is 0 Å². The number of fused-ring (bicyclic) bond motifs is 3. The van der Waals surface area contributed by atoms with Crippen molar-refractivity contribution in [2.45, 2.75) is 33.1 Å². The van der Waals surface area contributed by atoms with Crippen molar-refractivity contribution in [2.24, 2.45) is 20.7 Å². The van der Waals surface area contributed by atoms with E-state index in [1.54, 1.807) is 41.9 Å². The summed E-state index contributed by atoms with van der Waals surface area (Å²) in [4.78, 5) is 103. The van der Waals surface area contributed by atoms with E-state index in [2.05, 4.69) is 58.2 Å². The molecular formula is C75H68Br2N6O10. The molecule has 3 aliphatic heterocycles. The molecule has 93 heavy (non-hydrogen) atoms. The molecule has 0 radical (unpaired) electrons. The summed E-state index contributed by atoms with van der Waals surface area (Å²) in [5.41, 5.74) is 27.0. The summed E-state index contributed by atoms with van der Waals surface area (Å²) in [6, 6.07) is 61.6. The zero-order chi connectivity index (χ0) is 67.2. The second kappa shape index (κ2) is 37.1.